The van der Waals surface area contributed by atoms with Crippen LogP contribution >= 0.6 is 0 Å². The first kappa shape index (κ1) is 16.7. The van der Waals surface area contributed by atoms with Crippen molar-refractivity contribution in [2.24, 2.45) is 5.73 Å². The molecule has 2 aromatic rings. The predicted octanol–water partition coefficient (Wildman–Crippen LogP) is 3.01. The molecular weight excluding hydrogens is 314 g/mol. The van der Waals surface area contributed by atoms with E-state index in [1.807, 2.05) is 12.1 Å². The van der Waals surface area contributed by atoms with E-state index in [0.29, 0.717) is 24.9 Å². The fraction of sp³-hybridized carbons (Fsp3) is 0.333. The Labute approximate surface area is 139 Å². The van der Waals surface area contributed by atoms with Gasteiger partial charge in [0, 0.05) is 36.3 Å². The minimum Gasteiger partial charge on any atom is -0.486 e. The van der Waals surface area contributed by atoms with Crippen LogP contribution in [-0.2, 0) is 4.74 Å². The minimum absolute atomic E-state index is 0.0363. The second-order valence-electron chi connectivity index (χ2n) is 5.64. The molecule has 0 amide bonds. The highest BCUT2D eigenvalue weighted by atomic mass is 19.1. The van der Waals surface area contributed by atoms with Gasteiger partial charge in [-0.1, -0.05) is 6.07 Å². The van der Waals surface area contributed by atoms with Crippen LogP contribution in [0.25, 0.3) is 10.8 Å². The van der Waals surface area contributed by atoms with Gasteiger partial charge in [0.15, 0.2) is 11.6 Å². The molecule has 0 spiro atoms. The van der Waals surface area contributed by atoms with E-state index in [2.05, 4.69) is 4.90 Å². The van der Waals surface area contributed by atoms with Gasteiger partial charge < -0.3 is 20.1 Å². The number of fused-ring (bicyclic) bond motifs is 1. The van der Waals surface area contributed by atoms with Crippen LogP contribution in [0, 0.1) is 5.82 Å². The second kappa shape index (κ2) is 7.59. The average Bonchev–Trinajstić information content (AvgIpc) is 2.64. The molecule has 1 fully saturated rings. The summed E-state index contributed by atoms with van der Waals surface area (Å²) in [6, 6.07) is 8.97. The van der Waals surface area contributed by atoms with Crippen molar-refractivity contribution in [2.45, 2.75) is 0 Å². The molecule has 1 aliphatic heterocycles. The summed E-state index contributed by atoms with van der Waals surface area (Å²) in [7, 11) is 0. The van der Waals surface area contributed by atoms with Crippen LogP contribution in [0.15, 0.2) is 42.2 Å². The summed E-state index contributed by atoms with van der Waals surface area (Å²) in [6.45, 7) is 3.02. The molecule has 1 aliphatic rings. The molecule has 0 bridgehead atoms. The van der Waals surface area contributed by atoms with Crippen molar-refractivity contribution in [3.05, 3.63) is 48.1 Å². The largest absolute Gasteiger partial charge is 0.486 e. The number of hydrogen-bond donors (Lipinski definition) is 1. The fourth-order valence-corrected chi connectivity index (χ4v) is 2.69. The Morgan fingerprint density at radius 2 is 2.04 bits per heavy atom. The van der Waals surface area contributed by atoms with E-state index in [9.17, 15) is 8.78 Å². The number of hydrogen-bond acceptors (Lipinski definition) is 4. The van der Waals surface area contributed by atoms with E-state index in [1.165, 1.54) is 0 Å². The highest BCUT2D eigenvalue weighted by Crippen LogP contribution is 2.30. The maximum Gasteiger partial charge on any atom is 0.172 e. The smallest absolute Gasteiger partial charge is 0.172 e. The third-order valence-electron chi connectivity index (χ3n) is 4.11. The molecule has 0 saturated carbocycles. The molecule has 3 rings (SSSR count). The SMILES string of the molecule is NC/C(=C\F)COc1ccc2cc(N3CCOCC3)ccc2c1F. The number of anilines is 1. The third-order valence-corrected chi connectivity index (χ3v) is 4.11. The van der Waals surface area contributed by atoms with Gasteiger partial charge in [-0.3, -0.25) is 0 Å². The van der Waals surface area contributed by atoms with Crippen LogP contribution in [0.2, 0.25) is 0 Å². The number of morpholine rings is 1. The normalized spacial score (nSPS) is 15.8. The van der Waals surface area contributed by atoms with Crippen molar-refractivity contribution in [3.63, 3.8) is 0 Å². The number of benzene rings is 2. The number of ether oxygens (including phenoxy) is 2. The lowest BCUT2D eigenvalue weighted by Gasteiger charge is -2.29. The number of nitrogens with zero attached hydrogens (tertiary/aromatic N) is 1. The van der Waals surface area contributed by atoms with E-state index in [4.69, 9.17) is 15.2 Å². The Hall–Kier alpha value is -2.18. The maximum atomic E-state index is 14.6. The summed E-state index contributed by atoms with van der Waals surface area (Å²) in [5, 5.41) is 1.27. The van der Waals surface area contributed by atoms with Gasteiger partial charge in [-0.05, 0) is 29.7 Å². The zero-order valence-corrected chi connectivity index (χ0v) is 13.3. The van der Waals surface area contributed by atoms with Gasteiger partial charge in [-0.15, -0.1) is 0 Å². The highest BCUT2D eigenvalue weighted by molar-refractivity contribution is 5.87. The van der Waals surface area contributed by atoms with Gasteiger partial charge in [-0.25, -0.2) is 8.78 Å². The lowest BCUT2D eigenvalue weighted by atomic mass is 10.1. The molecule has 6 heteroatoms. The van der Waals surface area contributed by atoms with Gasteiger partial charge in [0.25, 0.3) is 0 Å². The van der Waals surface area contributed by atoms with E-state index in [1.54, 1.807) is 18.2 Å². The molecule has 0 aliphatic carbocycles. The van der Waals surface area contributed by atoms with Crippen molar-refractivity contribution >= 4 is 16.5 Å². The minimum atomic E-state index is -0.448. The van der Waals surface area contributed by atoms with Crippen molar-refractivity contribution in [3.8, 4) is 5.75 Å². The first-order valence-electron chi connectivity index (χ1n) is 7.89. The third kappa shape index (κ3) is 3.49. The average molecular weight is 334 g/mol. The van der Waals surface area contributed by atoms with Gasteiger partial charge in [0.2, 0.25) is 0 Å². The van der Waals surface area contributed by atoms with Gasteiger partial charge in [0.05, 0.1) is 19.5 Å². The summed E-state index contributed by atoms with van der Waals surface area (Å²) in [4.78, 5) is 2.21. The predicted molar refractivity (Wildman–Crippen MR) is 90.7 cm³/mol. The van der Waals surface area contributed by atoms with Crippen LogP contribution in [0.1, 0.15) is 0 Å². The van der Waals surface area contributed by atoms with Crippen LogP contribution < -0.4 is 15.4 Å². The molecule has 0 radical (unpaired) electrons. The van der Waals surface area contributed by atoms with Crippen molar-refractivity contribution in [1.29, 1.82) is 0 Å². The quantitative estimate of drug-likeness (QED) is 0.913. The molecular formula is C18H20F2N2O2. The monoisotopic (exact) mass is 334 g/mol. The molecule has 0 atom stereocenters. The zero-order chi connectivity index (χ0) is 16.9. The van der Waals surface area contributed by atoms with Gasteiger partial charge >= 0.3 is 0 Å². The maximum absolute atomic E-state index is 14.6. The van der Waals surface area contributed by atoms with Crippen LogP contribution in [-0.4, -0.2) is 39.5 Å². The summed E-state index contributed by atoms with van der Waals surface area (Å²) >= 11 is 0. The molecule has 24 heavy (non-hydrogen) atoms. The number of rotatable bonds is 5. The topological polar surface area (TPSA) is 47.7 Å². The summed E-state index contributed by atoms with van der Waals surface area (Å²) in [5.74, 6) is -0.356. The van der Waals surface area contributed by atoms with Crippen LogP contribution in [0.3, 0.4) is 0 Å². The summed E-state index contributed by atoms with van der Waals surface area (Å²) in [6.07, 6.45) is 0.396. The molecule has 0 unspecified atom stereocenters. The summed E-state index contributed by atoms with van der Waals surface area (Å²) < 4.78 is 37.8. The number of nitrogens with two attached hydrogens (primary N) is 1. The van der Waals surface area contributed by atoms with E-state index >= 15 is 0 Å². The Kier molecular flexibility index (Phi) is 5.27. The van der Waals surface area contributed by atoms with E-state index in [0.717, 1.165) is 24.2 Å². The lowest BCUT2D eigenvalue weighted by molar-refractivity contribution is 0.122. The van der Waals surface area contributed by atoms with Crippen LogP contribution in [0.4, 0.5) is 14.5 Å². The molecule has 1 saturated heterocycles. The fourth-order valence-electron chi connectivity index (χ4n) is 2.69. The summed E-state index contributed by atoms with van der Waals surface area (Å²) in [5.41, 5.74) is 6.69. The Bertz CT molecular complexity index is 743. The Morgan fingerprint density at radius 3 is 2.75 bits per heavy atom. The van der Waals surface area contributed by atoms with E-state index in [-0.39, 0.29) is 24.5 Å². The number of halogens is 2. The highest BCUT2D eigenvalue weighted by Gasteiger charge is 2.14. The standard InChI is InChI=1S/C18H20F2N2O2/c19-10-13(11-21)12-24-17-4-1-14-9-15(2-3-16(14)18(17)20)22-5-7-23-8-6-22/h1-4,9-10H,5-8,11-12,21H2/b13-10+. The van der Waals surface area contributed by atoms with Crippen molar-refractivity contribution in [1.82, 2.24) is 0 Å². The van der Waals surface area contributed by atoms with Gasteiger partial charge in [-0.2, -0.15) is 0 Å². The molecule has 128 valence electrons. The van der Waals surface area contributed by atoms with Crippen molar-refractivity contribution in [2.75, 3.05) is 44.4 Å². The van der Waals surface area contributed by atoms with Crippen molar-refractivity contribution < 1.29 is 18.3 Å². The molecule has 2 N–H and O–H groups in total. The molecule has 0 aromatic heterocycles. The van der Waals surface area contributed by atoms with Crippen LogP contribution in [0.5, 0.6) is 5.75 Å². The molecule has 2 aromatic carbocycles. The van der Waals surface area contributed by atoms with E-state index < -0.39 is 5.82 Å². The Balaban J connectivity index is 1.84. The van der Waals surface area contributed by atoms with Gasteiger partial charge in [0.1, 0.15) is 6.61 Å². The second-order valence-corrected chi connectivity index (χ2v) is 5.64. The molecule has 4 nitrogen and oxygen atoms in total. The lowest BCUT2D eigenvalue weighted by Crippen LogP contribution is -2.36. The molecule has 1 heterocycles. The first-order valence-corrected chi connectivity index (χ1v) is 7.89. The first-order chi connectivity index (χ1) is 11.7. The zero-order valence-electron chi connectivity index (χ0n) is 13.3. The Morgan fingerprint density at radius 1 is 1.25 bits per heavy atom.